The normalized spacial score (nSPS) is 12.1. The number of hydrogen-bond donors (Lipinski definition) is 0. The van der Waals surface area contributed by atoms with Crippen molar-refractivity contribution in [1.82, 2.24) is 4.31 Å². The summed E-state index contributed by atoms with van der Waals surface area (Å²) in [6.45, 7) is 4.80. The molecule has 3 nitrogen and oxygen atoms in total. The van der Waals surface area contributed by atoms with Crippen LogP contribution in [-0.4, -0.2) is 25.8 Å². The smallest absolute Gasteiger partial charge is 0.207 e. The van der Waals surface area contributed by atoms with E-state index in [1.165, 1.54) is 16.4 Å². The molecule has 0 saturated heterocycles. The van der Waals surface area contributed by atoms with E-state index in [9.17, 15) is 8.42 Å². The van der Waals surface area contributed by atoms with Gasteiger partial charge in [0.1, 0.15) is 4.90 Å². The van der Waals surface area contributed by atoms with E-state index in [-0.39, 0.29) is 15.8 Å². The molecule has 0 heterocycles. The maximum absolute atomic E-state index is 12.7. The molecular formula is C13H18Cl3NO2S. The van der Waals surface area contributed by atoms with Crippen molar-refractivity contribution < 1.29 is 8.42 Å². The molecule has 114 valence electrons. The van der Waals surface area contributed by atoms with Gasteiger partial charge in [0.2, 0.25) is 10.0 Å². The minimum absolute atomic E-state index is 0.0705. The first-order valence-corrected chi connectivity index (χ1v) is 9.15. The second-order valence-corrected chi connectivity index (χ2v) is 7.40. The topological polar surface area (TPSA) is 37.4 Å². The van der Waals surface area contributed by atoms with Crippen LogP contribution in [0.5, 0.6) is 0 Å². The molecule has 0 fully saturated rings. The highest BCUT2D eigenvalue weighted by atomic mass is 35.5. The molecule has 20 heavy (non-hydrogen) atoms. The molecule has 1 aromatic rings. The number of halogens is 3. The Morgan fingerprint density at radius 2 is 1.60 bits per heavy atom. The standard InChI is InChI=1S/C13H18Cl3NO2S/c1-3-5-17(6-4-2)20(18,19)13-7-10(9-14)11(15)8-12(13)16/h7-8H,3-6,9H2,1-2H3. The summed E-state index contributed by atoms with van der Waals surface area (Å²) in [4.78, 5) is 0.0705. The van der Waals surface area contributed by atoms with Crippen LogP contribution in [0.1, 0.15) is 32.3 Å². The predicted molar refractivity (Wildman–Crippen MR) is 85.4 cm³/mol. The van der Waals surface area contributed by atoms with Crippen molar-refractivity contribution in [1.29, 1.82) is 0 Å². The van der Waals surface area contributed by atoms with E-state index < -0.39 is 10.0 Å². The Hall–Kier alpha value is -0.000000000000000111. The quantitative estimate of drug-likeness (QED) is 0.671. The summed E-state index contributed by atoms with van der Waals surface area (Å²) in [5.41, 5.74) is 0.559. The predicted octanol–water partition coefficient (Wildman–Crippen LogP) is 4.54. The van der Waals surface area contributed by atoms with Gasteiger partial charge in [-0.15, -0.1) is 11.6 Å². The number of alkyl halides is 1. The van der Waals surface area contributed by atoms with Crippen molar-refractivity contribution in [3.8, 4) is 0 Å². The second-order valence-electron chi connectivity index (χ2n) is 4.41. The Morgan fingerprint density at radius 1 is 1.05 bits per heavy atom. The molecule has 0 aliphatic heterocycles. The van der Waals surface area contributed by atoms with Crippen LogP contribution in [0.25, 0.3) is 0 Å². The molecule has 0 bridgehead atoms. The Morgan fingerprint density at radius 3 is 2.05 bits per heavy atom. The fourth-order valence-electron chi connectivity index (χ4n) is 1.86. The molecule has 1 rings (SSSR count). The summed E-state index contributed by atoms with van der Waals surface area (Å²) >= 11 is 17.8. The van der Waals surface area contributed by atoms with E-state index in [0.717, 1.165) is 12.8 Å². The highest BCUT2D eigenvalue weighted by Gasteiger charge is 2.26. The number of benzene rings is 1. The molecule has 0 amide bonds. The lowest BCUT2D eigenvalue weighted by Crippen LogP contribution is -2.32. The van der Waals surface area contributed by atoms with Crippen LogP contribution in [0.4, 0.5) is 0 Å². The molecular weight excluding hydrogens is 341 g/mol. The third-order valence-electron chi connectivity index (χ3n) is 2.81. The Kier molecular flexibility index (Phi) is 7.09. The number of hydrogen-bond acceptors (Lipinski definition) is 2. The Balaban J connectivity index is 3.32. The first-order valence-electron chi connectivity index (χ1n) is 6.42. The van der Waals surface area contributed by atoms with Crippen molar-refractivity contribution in [2.24, 2.45) is 0 Å². The molecule has 7 heteroatoms. The van der Waals surface area contributed by atoms with E-state index in [0.29, 0.717) is 23.7 Å². The molecule has 0 atom stereocenters. The summed E-state index contributed by atoms with van der Waals surface area (Å²) in [5.74, 6) is 0.139. The molecule has 0 radical (unpaired) electrons. The third kappa shape index (κ3) is 4.01. The van der Waals surface area contributed by atoms with E-state index in [1.807, 2.05) is 13.8 Å². The zero-order valence-electron chi connectivity index (χ0n) is 11.5. The zero-order valence-corrected chi connectivity index (χ0v) is 14.6. The van der Waals surface area contributed by atoms with Gasteiger partial charge in [-0.3, -0.25) is 0 Å². The lowest BCUT2D eigenvalue weighted by Gasteiger charge is -2.22. The van der Waals surface area contributed by atoms with Crippen molar-refractivity contribution in [3.05, 3.63) is 27.7 Å². The van der Waals surface area contributed by atoms with Crippen LogP contribution in [0, 0.1) is 0 Å². The number of rotatable bonds is 7. The first-order chi connectivity index (χ1) is 9.38. The maximum atomic E-state index is 12.7. The number of nitrogens with zero attached hydrogens (tertiary/aromatic N) is 1. The number of sulfonamides is 1. The first kappa shape index (κ1) is 18.1. The molecule has 0 unspecified atom stereocenters. The average molecular weight is 359 g/mol. The summed E-state index contributed by atoms with van der Waals surface area (Å²) in [5, 5.41) is 0.502. The van der Waals surface area contributed by atoms with Crippen LogP contribution in [-0.2, 0) is 15.9 Å². The zero-order chi connectivity index (χ0) is 15.3. The lowest BCUT2D eigenvalue weighted by molar-refractivity contribution is 0.410. The molecule has 0 spiro atoms. The summed E-state index contributed by atoms with van der Waals surface area (Å²) in [6, 6.07) is 2.90. The highest BCUT2D eigenvalue weighted by Crippen LogP contribution is 2.31. The SMILES string of the molecule is CCCN(CCC)S(=O)(=O)c1cc(CCl)c(Cl)cc1Cl. The van der Waals surface area contributed by atoms with Gasteiger partial charge in [-0.2, -0.15) is 4.31 Å². The fourth-order valence-corrected chi connectivity index (χ4v) is 4.61. The highest BCUT2D eigenvalue weighted by molar-refractivity contribution is 7.89. The van der Waals surface area contributed by atoms with Crippen molar-refractivity contribution in [2.75, 3.05) is 13.1 Å². The molecule has 0 aromatic heterocycles. The van der Waals surface area contributed by atoms with Gasteiger partial charge in [-0.25, -0.2) is 8.42 Å². The van der Waals surface area contributed by atoms with E-state index in [2.05, 4.69) is 0 Å². The minimum atomic E-state index is -3.62. The van der Waals surface area contributed by atoms with Gasteiger partial charge < -0.3 is 0 Å². The average Bonchev–Trinajstić information content (AvgIpc) is 2.38. The van der Waals surface area contributed by atoms with Crippen molar-refractivity contribution >= 4 is 44.8 Å². The molecule has 0 saturated carbocycles. The van der Waals surface area contributed by atoms with Crippen LogP contribution < -0.4 is 0 Å². The fraction of sp³-hybridized carbons (Fsp3) is 0.538. The summed E-state index contributed by atoms with van der Waals surface area (Å²) < 4.78 is 26.8. The molecule has 1 aromatic carbocycles. The van der Waals surface area contributed by atoms with E-state index in [1.54, 1.807) is 0 Å². The summed E-state index contributed by atoms with van der Waals surface area (Å²) in [7, 11) is -3.62. The van der Waals surface area contributed by atoms with Gasteiger partial charge >= 0.3 is 0 Å². The second kappa shape index (κ2) is 7.85. The van der Waals surface area contributed by atoms with Crippen LogP contribution in [0.2, 0.25) is 10.0 Å². The lowest BCUT2D eigenvalue weighted by atomic mass is 10.2. The van der Waals surface area contributed by atoms with Gasteiger partial charge in [0, 0.05) is 24.0 Å². The largest absolute Gasteiger partial charge is 0.244 e. The minimum Gasteiger partial charge on any atom is -0.207 e. The monoisotopic (exact) mass is 357 g/mol. The molecule has 0 aliphatic carbocycles. The summed E-state index contributed by atoms with van der Waals surface area (Å²) in [6.07, 6.45) is 1.49. The van der Waals surface area contributed by atoms with Crippen molar-refractivity contribution in [2.45, 2.75) is 37.5 Å². The van der Waals surface area contributed by atoms with E-state index >= 15 is 0 Å². The Bertz CT molecular complexity index is 555. The van der Waals surface area contributed by atoms with E-state index in [4.69, 9.17) is 34.8 Å². The molecule has 0 N–H and O–H groups in total. The molecule has 0 aliphatic rings. The van der Waals surface area contributed by atoms with Gasteiger partial charge in [0.15, 0.2) is 0 Å². The van der Waals surface area contributed by atoms with Gasteiger partial charge in [-0.1, -0.05) is 37.0 Å². The van der Waals surface area contributed by atoms with Crippen LogP contribution >= 0.6 is 34.8 Å². The van der Waals surface area contributed by atoms with Crippen molar-refractivity contribution in [3.63, 3.8) is 0 Å². The maximum Gasteiger partial charge on any atom is 0.244 e. The van der Waals surface area contributed by atoms with Crippen LogP contribution in [0.15, 0.2) is 17.0 Å². The van der Waals surface area contributed by atoms with Crippen LogP contribution in [0.3, 0.4) is 0 Å². The third-order valence-corrected chi connectivity index (χ3v) is 5.81. The van der Waals surface area contributed by atoms with Gasteiger partial charge in [0.05, 0.1) is 5.02 Å². The van der Waals surface area contributed by atoms with Gasteiger partial charge in [-0.05, 0) is 30.5 Å². The Labute approximate surface area is 135 Å². The van der Waals surface area contributed by atoms with Gasteiger partial charge in [0.25, 0.3) is 0 Å².